The largest absolute Gasteiger partial charge is 0.497 e. The molecule has 0 radical (unpaired) electrons. The van der Waals surface area contributed by atoms with E-state index in [1.807, 2.05) is 45.3 Å². The molecule has 0 aliphatic heterocycles. The Morgan fingerprint density at radius 2 is 1.50 bits per heavy atom. The first-order chi connectivity index (χ1) is 10.4. The van der Waals surface area contributed by atoms with E-state index >= 15 is 0 Å². The normalized spacial score (nSPS) is 13.7. The number of benzene rings is 2. The van der Waals surface area contributed by atoms with Crippen LogP contribution in [0.5, 0.6) is 11.5 Å². The molecular formula is C17H23NO3P+. The monoisotopic (exact) mass is 320 g/mol. The Hall–Kier alpha value is -1.77. The van der Waals surface area contributed by atoms with Gasteiger partial charge in [-0.3, -0.25) is 4.57 Å². The first-order valence-electron chi connectivity index (χ1n) is 7.22. The van der Waals surface area contributed by atoms with Gasteiger partial charge in [-0.2, -0.15) is 0 Å². The molecule has 2 rings (SSSR count). The summed E-state index contributed by atoms with van der Waals surface area (Å²) >= 11 is 0. The molecule has 0 heterocycles. The summed E-state index contributed by atoms with van der Waals surface area (Å²) in [6.07, 6.45) is 0.433. The molecular weight excluding hydrogens is 297 g/mol. The minimum Gasteiger partial charge on any atom is -0.497 e. The lowest BCUT2D eigenvalue weighted by molar-refractivity contribution is -0.845. The molecule has 1 atom stereocenters. The second-order valence-electron chi connectivity index (χ2n) is 5.64. The summed E-state index contributed by atoms with van der Waals surface area (Å²) in [4.78, 5) is 1.08. The number of aryl methyl sites for hydroxylation is 1. The van der Waals surface area contributed by atoms with Crippen LogP contribution in [0.2, 0.25) is 0 Å². The summed E-state index contributed by atoms with van der Waals surface area (Å²) in [5, 5.41) is 0.745. The van der Waals surface area contributed by atoms with Gasteiger partial charge in [0.15, 0.2) is 6.29 Å². The SMILES string of the molecule is COc1ccc(OP(=O)(C[NH+](C)C)c2ccc(C)cc2)cc1. The summed E-state index contributed by atoms with van der Waals surface area (Å²) in [6, 6.07) is 14.9. The van der Waals surface area contributed by atoms with Gasteiger partial charge < -0.3 is 14.2 Å². The van der Waals surface area contributed by atoms with Crippen LogP contribution in [0.15, 0.2) is 48.5 Å². The van der Waals surface area contributed by atoms with Crippen LogP contribution in [0.25, 0.3) is 0 Å². The zero-order valence-electron chi connectivity index (χ0n) is 13.5. The fourth-order valence-electron chi connectivity index (χ4n) is 2.17. The molecule has 0 aliphatic rings. The van der Waals surface area contributed by atoms with Crippen molar-refractivity contribution in [3.8, 4) is 11.5 Å². The zero-order chi connectivity index (χ0) is 16.2. The van der Waals surface area contributed by atoms with Crippen molar-refractivity contribution in [1.29, 1.82) is 0 Å². The van der Waals surface area contributed by atoms with Crippen molar-refractivity contribution in [2.75, 3.05) is 27.5 Å². The van der Waals surface area contributed by atoms with E-state index in [9.17, 15) is 4.57 Å². The minimum absolute atomic E-state index is 0.433. The second-order valence-corrected chi connectivity index (χ2v) is 8.00. The molecule has 0 saturated heterocycles. The number of hydrogen-bond donors (Lipinski definition) is 1. The third-order valence-corrected chi connectivity index (χ3v) is 5.90. The second kappa shape index (κ2) is 6.99. The molecule has 0 saturated carbocycles. The van der Waals surface area contributed by atoms with E-state index in [0.29, 0.717) is 12.0 Å². The molecule has 0 fully saturated rings. The molecule has 0 amide bonds. The summed E-state index contributed by atoms with van der Waals surface area (Å²) < 4.78 is 24.4. The van der Waals surface area contributed by atoms with E-state index in [4.69, 9.17) is 9.26 Å². The smallest absolute Gasteiger partial charge is 0.329 e. The van der Waals surface area contributed by atoms with Gasteiger partial charge in [0.2, 0.25) is 0 Å². The number of ether oxygens (including phenoxy) is 1. The molecule has 118 valence electrons. The van der Waals surface area contributed by atoms with Crippen LogP contribution in [0.1, 0.15) is 5.56 Å². The molecule has 0 spiro atoms. The molecule has 1 N–H and O–H groups in total. The van der Waals surface area contributed by atoms with E-state index in [0.717, 1.165) is 21.5 Å². The fourth-order valence-corrected chi connectivity index (χ4v) is 4.42. The number of methoxy groups -OCH3 is 1. The number of hydrogen-bond acceptors (Lipinski definition) is 3. The maximum atomic E-state index is 13.4. The lowest BCUT2D eigenvalue weighted by Gasteiger charge is -2.21. The van der Waals surface area contributed by atoms with Crippen molar-refractivity contribution in [2.45, 2.75) is 6.92 Å². The van der Waals surface area contributed by atoms with Crippen LogP contribution in [0.4, 0.5) is 0 Å². The maximum absolute atomic E-state index is 13.4. The molecule has 4 nitrogen and oxygen atoms in total. The Balaban J connectivity index is 2.32. The van der Waals surface area contributed by atoms with Gasteiger partial charge in [0.1, 0.15) is 11.5 Å². The van der Waals surface area contributed by atoms with Gasteiger partial charge in [0.05, 0.1) is 26.5 Å². The van der Waals surface area contributed by atoms with Crippen LogP contribution in [0, 0.1) is 6.92 Å². The molecule has 22 heavy (non-hydrogen) atoms. The first-order valence-corrected chi connectivity index (χ1v) is 9.03. The standard InChI is InChI=1S/C17H22NO3P/c1-14-5-11-17(12-6-14)22(19,13-18(2)3)21-16-9-7-15(20-4)8-10-16/h5-12H,13H2,1-4H3/p+1. The van der Waals surface area contributed by atoms with Crippen molar-refractivity contribution in [3.63, 3.8) is 0 Å². The average molecular weight is 320 g/mol. The molecule has 2 aromatic carbocycles. The zero-order valence-corrected chi connectivity index (χ0v) is 14.4. The van der Waals surface area contributed by atoms with Crippen LogP contribution in [-0.4, -0.2) is 27.5 Å². The topological polar surface area (TPSA) is 40.0 Å². The third kappa shape index (κ3) is 4.12. The fraction of sp³-hybridized carbons (Fsp3) is 0.294. The van der Waals surface area contributed by atoms with Crippen molar-refractivity contribution >= 4 is 12.7 Å². The van der Waals surface area contributed by atoms with E-state index < -0.39 is 7.37 Å². The number of nitrogens with one attached hydrogen (secondary N) is 1. The van der Waals surface area contributed by atoms with Crippen molar-refractivity contribution in [1.82, 2.24) is 0 Å². The third-order valence-electron chi connectivity index (χ3n) is 3.26. The highest BCUT2D eigenvalue weighted by molar-refractivity contribution is 7.67. The Kier molecular flexibility index (Phi) is 5.28. The minimum atomic E-state index is -2.97. The highest BCUT2D eigenvalue weighted by atomic mass is 31.2. The van der Waals surface area contributed by atoms with Gasteiger partial charge in [0.25, 0.3) is 0 Å². The first kappa shape index (κ1) is 16.6. The van der Waals surface area contributed by atoms with Gasteiger partial charge in [-0.05, 0) is 43.3 Å². The molecule has 1 unspecified atom stereocenters. The predicted molar refractivity (Wildman–Crippen MR) is 89.7 cm³/mol. The Morgan fingerprint density at radius 1 is 0.955 bits per heavy atom. The summed E-state index contributed by atoms with van der Waals surface area (Å²) in [5.74, 6) is 1.33. The van der Waals surface area contributed by atoms with E-state index in [1.165, 1.54) is 0 Å². The predicted octanol–water partition coefficient (Wildman–Crippen LogP) is 2.09. The highest BCUT2D eigenvalue weighted by Gasteiger charge is 2.31. The summed E-state index contributed by atoms with van der Waals surface area (Å²) in [7, 11) is 2.58. The highest BCUT2D eigenvalue weighted by Crippen LogP contribution is 2.44. The quantitative estimate of drug-likeness (QED) is 0.829. The van der Waals surface area contributed by atoms with Gasteiger partial charge in [0, 0.05) is 0 Å². The molecule has 5 heteroatoms. The average Bonchev–Trinajstić information content (AvgIpc) is 2.47. The summed E-state index contributed by atoms with van der Waals surface area (Å²) in [5.41, 5.74) is 1.14. The van der Waals surface area contributed by atoms with E-state index in [1.54, 1.807) is 31.4 Å². The van der Waals surface area contributed by atoms with Crippen molar-refractivity contribution in [2.24, 2.45) is 0 Å². The van der Waals surface area contributed by atoms with E-state index in [2.05, 4.69) is 0 Å². The molecule has 0 aliphatic carbocycles. The van der Waals surface area contributed by atoms with Crippen LogP contribution >= 0.6 is 7.37 Å². The molecule has 0 bridgehead atoms. The van der Waals surface area contributed by atoms with Gasteiger partial charge in [-0.25, -0.2) is 0 Å². The lowest BCUT2D eigenvalue weighted by atomic mass is 10.2. The maximum Gasteiger partial charge on any atom is 0.329 e. The van der Waals surface area contributed by atoms with Crippen LogP contribution in [0.3, 0.4) is 0 Å². The Labute approximate surface area is 132 Å². The van der Waals surface area contributed by atoms with Crippen LogP contribution < -0.4 is 19.5 Å². The van der Waals surface area contributed by atoms with Crippen LogP contribution in [-0.2, 0) is 4.57 Å². The number of rotatable bonds is 6. The Morgan fingerprint density at radius 3 is 2.00 bits per heavy atom. The van der Waals surface area contributed by atoms with Gasteiger partial charge in [-0.1, -0.05) is 17.7 Å². The number of quaternary nitrogens is 1. The van der Waals surface area contributed by atoms with Crippen molar-refractivity contribution in [3.05, 3.63) is 54.1 Å². The van der Waals surface area contributed by atoms with E-state index in [-0.39, 0.29) is 0 Å². The Bertz CT molecular complexity index is 651. The molecule has 2 aromatic rings. The van der Waals surface area contributed by atoms with Crippen molar-refractivity contribution < 1.29 is 18.7 Å². The van der Waals surface area contributed by atoms with Gasteiger partial charge in [-0.15, -0.1) is 0 Å². The lowest BCUT2D eigenvalue weighted by Crippen LogP contribution is -3.05. The van der Waals surface area contributed by atoms with Gasteiger partial charge >= 0.3 is 7.37 Å². The summed E-state index contributed by atoms with van der Waals surface area (Å²) in [6.45, 7) is 2.01. The molecule has 0 aromatic heterocycles.